The third-order valence-electron chi connectivity index (χ3n) is 3.66. The van der Waals surface area contributed by atoms with E-state index in [1.165, 1.54) is 11.8 Å². The molecule has 0 fully saturated rings. The number of aryl methyl sites for hydroxylation is 1. The Morgan fingerprint density at radius 1 is 1.19 bits per heavy atom. The van der Waals surface area contributed by atoms with Crippen LogP contribution in [0.1, 0.15) is 19.2 Å². The molecule has 3 rings (SSSR count). The van der Waals surface area contributed by atoms with Crippen LogP contribution in [-0.4, -0.2) is 34.2 Å². The molecule has 140 valence electrons. The zero-order valence-corrected chi connectivity index (χ0v) is 16.7. The lowest BCUT2D eigenvalue weighted by molar-refractivity contribution is -0.117. The Labute approximate surface area is 165 Å². The Kier molecular flexibility index (Phi) is 6.41. The summed E-state index contributed by atoms with van der Waals surface area (Å²) >= 11 is 2.91. The van der Waals surface area contributed by atoms with Gasteiger partial charge in [-0.15, -0.1) is 11.3 Å². The maximum atomic E-state index is 12.0. The van der Waals surface area contributed by atoms with E-state index in [1.807, 2.05) is 32.0 Å². The molecule has 27 heavy (non-hydrogen) atoms. The smallest absolute Gasteiger partial charge is 0.321 e. The Balaban J connectivity index is 1.75. The molecular formula is C19H20N4O2S2. The standard InChI is InChI=1S/C19H20N4O2S2/c1-3-9-20-19(25)23-16(24)11-26-17-14-10-15(13-7-5-4-6-8-13)27-18(14)22-12(2)21-17/h4-8,10H,3,9,11H2,1-2H3,(H2,20,23,24,25). The van der Waals surface area contributed by atoms with Crippen molar-refractivity contribution in [3.05, 3.63) is 42.2 Å². The number of benzene rings is 1. The number of carbonyl (C=O) groups excluding carboxylic acids is 2. The van der Waals surface area contributed by atoms with Crippen LogP contribution < -0.4 is 10.6 Å². The van der Waals surface area contributed by atoms with Crippen molar-refractivity contribution in [2.75, 3.05) is 12.3 Å². The van der Waals surface area contributed by atoms with Crippen molar-refractivity contribution in [2.24, 2.45) is 0 Å². The first kappa shape index (κ1) is 19.3. The molecular weight excluding hydrogens is 380 g/mol. The van der Waals surface area contributed by atoms with Gasteiger partial charge in [0.25, 0.3) is 0 Å². The van der Waals surface area contributed by atoms with Gasteiger partial charge in [0.1, 0.15) is 15.7 Å². The summed E-state index contributed by atoms with van der Waals surface area (Å²) in [5.41, 5.74) is 1.12. The van der Waals surface area contributed by atoms with E-state index in [4.69, 9.17) is 0 Å². The molecule has 0 saturated heterocycles. The summed E-state index contributed by atoms with van der Waals surface area (Å²) in [6, 6.07) is 11.7. The van der Waals surface area contributed by atoms with Crippen molar-refractivity contribution in [1.29, 1.82) is 0 Å². The van der Waals surface area contributed by atoms with Crippen LogP contribution in [0.3, 0.4) is 0 Å². The molecule has 3 amide bonds. The minimum Gasteiger partial charge on any atom is -0.338 e. The van der Waals surface area contributed by atoms with Crippen LogP contribution in [0.5, 0.6) is 0 Å². The normalized spacial score (nSPS) is 10.7. The lowest BCUT2D eigenvalue weighted by atomic mass is 10.2. The number of fused-ring (bicyclic) bond motifs is 1. The highest BCUT2D eigenvalue weighted by Crippen LogP contribution is 2.36. The fraction of sp³-hybridized carbons (Fsp3) is 0.263. The fourth-order valence-electron chi connectivity index (χ4n) is 2.43. The lowest BCUT2D eigenvalue weighted by Gasteiger charge is -2.06. The molecule has 0 aliphatic heterocycles. The van der Waals surface area contributed by atoms with Gasteiger partial charge in [0.2, 0.25) is 5.91 Å². The highest BCUT2D eigenvalue weighted by molar-refractivity contribution is 8.00. The van der Waals surface area contributed by atoms with E-state index in [0.29, 0.717) is 12.4 Å². The minimum absolute atomic E-state index is 0.113. The predicted octanol–water partition coefficient (Wildman–Crippen LogP) is 3.99. The Morgan fingerprint density at radius 3 is 2.70 bits per heavy atom. The van der Waals surface area contributed by atoms with Crippen LogP contribution in [0.15, 0.2) is 41.4 Å². The molecule has 0 radical (unpaired) electrons. The number of hydrogen-bond donors (Lipinski definition) is 2. The number of thiophene rings is 1. The summed E-state index contributed by atoms with van der Waals surface area (Å²) in [6.45, 7) is 4.32. The van der Waals surface area contributed by atoms with E-state index in [2.05, 4.69) is 38.8 Å². The fourth-order valence-corrected chi connectivity index (χ4v) is 4.43. The van der Waals surface area contributed by atoms with Crippen LogP contribution in [0, 0.1) is 6.92 Å². The summed E-state index contributed by atoms with van der Waals surface area (Å²) in [5.74, 6) is 0.422. The van der Waals surface area contributed by atoms with Gasteiger partial charge in [-0.3, -0.25) is 10.1 Å². The Hall–Kier alpha value is -2.45. The van der Waals surface area contributed by atoms with Gasteiger partial charge in [-0.25, -0.2) is 14.8 Å². The second-order valence-corrected chi connectivity index (χ2v) is 7.86. The second-order valence-electron chi connectivity index (χ2n) is 5.86. The van der Waals surface area contributed by atoms with Crippen molar-refractivity contribution in [3.8, 4) is 10.4 Å². The Bertz CT molecular complexity index is 957. The monoisotopic (exact) mass is 400 g/mol. The molecule has 0 aliphatic carbocycles. The molecule has 6 nitrogen and oxygen atoms in total. The average molecular weight is 401 g/mol. The largest absolute Gasteiger partial charge is 0.338 e. The molecule has 1 aromatic carbocycles. The molecule has 8 heteroatoms. The Morgan fingerprint density at radius 2 is 1.96 bits per heavy atom. The zero-order chi connectivity index (χ0) is 19.2. The summed E-state index contributed by atoms with van der Waals surface area (Å²) in [4.78, 5) is 34.6. The van der Waals surface area contributed by atoms with Gasteiger partial charge in [0.15, 0.2) is 0 Å². The highest BCUT2D eigenvalue weighted by atomic mass is 32.2. The van der Waals surface area contributed by atoms with Crippen molar-refractivity contribution in [2.45, 2.75) is 25.3 Å². The van der Waals surface area contributed by atoms with E-state index in [0.717, 1.165) is 32.1 Å². The number of aromatic nitrogens is 2. The highest BCUT2D eigenvalue weighted by Gasteiger charge is 2.14. The summed E-state index contributed by atoms with van der Waals surface area (Å²) in [6.07, 6.45) is 0.816. The summed E-state index contributed by atoms with van der Waals surface area (Å²) in [7, 11) is 0. The van der Waals surface area contributed by atoms with Crippen LogP contribution in [0.2, 0.25) is 0 Å². The number of nitrogens with zero attached hydrogens (tertiary/aromatic N) is 2. The first-order valence-electron chi connectivity index (χ1n) is 8.61. The molecule has 0 saturated carbocycles. The van der Waals surface area contributed by atoms with Gasteiger partial charge in [-0.2, -0.15) is 0 Å². The quantitative estimate of drug-likeness (QED) is 0.483. The molecule has 2 N–H and O–H groups in total. The number of imide groups is 1. The van der Waals surface area contributed by atoms with Gasteiger partial charge in [-0.05, 0) is 25.0 Å². The van der Waals surface area contributed by atoms with E-state index < -0.39 is 6.03 Å². The molecule has 0 spiro atoms. The minimum atomic E-state index is -0.464. The van der Waals surface area contributed by atoms with Crippen molar-refractivity contribution in [1.82, 2.24) is 20.6 Å². The van der Waals surface area contributed by atoms with Crippen LogP contribution in [-0.2, 0) is 4.79 Å². The van der Waals surface area contributed by atoms with Crippen LogP contribution >= 0.6 is 23.1 Å². The summed E-state index contributed by atoms with van der Waals surface area (Å²) < 4.78 is 0. The predicted molar refractivity (Wildman–Crippen MR) is 110 cm³/mol. The first-order chi connectivity index (χ1) is 13.1. The van der Waals surface area contributed by atoms with E-state index in [1.54, 1.807) is 11.3 Å². The van der Waals surface area contributed by atoms with E-state index in [-0.39, 0.29) is 11.7 Å². The van der Waals surface area contributed by atoms with Gasteiger partial charge in [0, 0.05) is 16.8 Å². The molecule has 2 heterocycles. The van der Waals surface area contributed by atoms with Crippen molar-refractivity contribution < 1.29 is 9.59 Å². The van der Waals surface area contributed by atoms with Gasteiger partial charge in [0.05, 0.1) is 5.75 Å². The molecule has 0 unspecified atom stereocenters. The molecule has 0 atom stereocenters. The maximum absolute atomic E-state index is 12.0. The number of nitrogens with one attached hydrogen (secondary N) is 2. The molecule has 0 bridgehead atoms. The number of amides is 3. The van der Waals surface area contributed by atoms with Crippen LogP contribution in [0.25, 0.3) is 20.7 Å². The third kappa shape index (κ3) is 5.05. The van der Waals surface area contributed by atoms with Crippen molar-refractivity contribution >= 4 is 45.3 Å². The van der Waals surface area contributed by atoms with E-state index >= 15 is 0 Å². The van der Waals surface area contributed by atoms with Gasteiger partial charge >= 0.3 is 6.03 Å². The van der Waals surface area contributed by atoms with Gasteiger partial charge in [-0.1, -0.05) is 49.0 Å². The second kappa shape index (κ2) is 8.96. The lowest BCUT2D eigenvalue weighted by Crippen LogP contribution is -2.40. The molecule has 3 aromatic rings. The van der Waals surface area contributed by atoms with Gasteiger partial charge < -0.3 is 5.32 Å². The van der Waals surface area contributed by atoms with E-state index in [9.17, 15) is 9.59 Å². The average Bonchev–Trinajstić information content (AvgIpc) is 3.09. The number of urea groups is 1. The maximum Gasteiger partial charge on any atom is 0.321 e. The SMILES string of the molecule is CCCNC(=O)NC(=O)CSc1nc(C)nc2sc(-c3ccccc3)cc12. The number of thioether (sulfide) groups is 1. The molecule has 0 aliphatic rings. The number of carbonyl (C=O) groups is 2. The number of rotatable bonds is 6. The first-order valence-corrected chi connectivity index (χ1v) is 10.4. The zero-order valence-electron chi connectivity index (χ0n) is 15.1. The molecule has 2 aromatic heterocycles. The third-order valence-corrected chi connectivity index (χ3v) is 5.73. The topological polar surface area (TPSA) is 84.0 Å². The number of hydrogen-bond acceptors (Lipinski definition) is 6. The van der Waals surface area contributed by atoms with Crippen LogP contribution in [0.4, 0.5) is 4.79 Å². The summed E-state index contributed by atoms with van der Waals surface area (Å²) in [5, 5.41) is 6.62. The van der Waals surface area contributed by atoms with Crippen molar-refractivity contribution in [3.63, 3.8) is 0 Å².